The van der Waals surface area contributed by atoms with Crippen LogP contribution >= 0.6 is 22.6 Å². The Morgan fingerprint density at radius 3 is 2.40 bits per heavy atom. The maximum atomic E-state index is 13.1. The minimum Gasteiger partial charge on any atom is -0.368 e. The van der Waals surface area contributed by atoms with E-state index in [9.17, 15) is 9.59 Å². The average molecular weight is 586 g/mol. The van der Waals surface area contributed by atoms with Gasteiger partial charge in [-0.2, -0.15) is 0 Å². The lowest BCUT2D eigenvalue weighted by Crippen LogP contribution is -2.48. The summed E-state index contributed by atoms with van der Waals surface area (Å²) >= 11 is 2.30. The Labute approximate surface area is 219 Å². The van der Waals surface area contributed by atoms with Crippen molar-refractivity contribution < 1.29 is 9.59 Å². The Balaban J connectivity index is 1.48. The first kappa shape index (κ1) is 25.3. The minimum absolute atomic E-state index is 0.0209. The van der Waals surface area contributed by atoms with Gasteiger partial charge in [0.05, 0.1) is 12.1 Å². The maximum Gasteiger partial charge on any atom is 0.254 e. The van der Waals surface area contributed by atoms with Crippen molar-refractivity contribution in [2.24, 2.45) is 11.7 Å². The van der Waals surface area contributed by atoms with Crippen LogP contribution in [0, 0.1) is 5.92 Å². The number of amides is 2. The second kappa shape index (κ2) is 11.3. The topological polar surface area (TPSA) is 104 Å². The van der Waals surface area contributed by atoms with Gasteiger partial charge in [-0.05, 0) is 29.7 Å². The number of aromatic nitrogens is 2. The SMILES string of the molecule is CC(C)[C@H](Nc1nc(CN2CCN(C(=O)c3ccccc3CI)CC2)nc2ccccc12)C(N)=O. The number of hydrogen-bond donors (Lipinski definition) is 2. The van der Waals surface area contributed by atoms with Crippen molar-refractivity contribution >= 4 is 51.1 Å². The van der Waals surface area contributed by atoms with E-state index in [-0.39, 0.29) is 11.8 Å². The van der Waals surface area contributed by atoms with E-state index in [1.54, 1.807) is 0 Å². The highest BCUT2D eigenvalue weighted by molar-refractivity contribution is 14.1. The second-order valence-corrected chi connectivity index (χ2v) is 9.90. The van der Waals surface area contributed by atoms with E-state index < -0.39 is 11.9 Å². The van der Waals surface area contributed by atoms with Crippen molar-refractivity contribution in [2.75, 3.05) is 31.5 Å². The molecule has 2 heterocycles. The van der Waals surface area contributed by atoms with Crippen LogP contribution in [0.1, 0.15) is 35.6 Å². The van der Waals surface area contributed by atoms with Crippen LogP contribution in [0.2, 0.25) is 0 Å². The number of carbonyl (C=O) groups is 2. The van der Waals surface area contributed by atoms with Crippen molar-refractivity contribution in [3.8, 4) is 0 Å². The summed E-state index contributed by atoms with van der Waals surface area (Å²) in [4.78, 5) is 38.8. The van der Waals surface area contributed by atoms with Crippen LogP contribution in [0.25, 0.3) is 10.9 Å². The molecule has 0 aliphatic carbocycles. The van der Waals surface area contributed by atoms with Crippen molar-refractivity contribution in [3.05, 3.63) is 65.5 Å². The number of anilines is 1. The fourth-order valence-corrected chi connectivity index (χ4v) is 5.01. The van der Waals surface area contributed by atoms with Gasteiger partial charge in [-0.15, -0.1) is 0 Å². The molecule has 9 heteroatoms. The molecule has 0 saturated carbocycles. The molecule has 2 amide bonds. The minimum atomic E-state index is -0.527. The number of halogens is 1. The van der Waals surface area contributed by atoms with Gasteiger partial charge in [0.2, 0.25) is 5.91 Å². The zero-order chi connectivity index (χ0) is 24.9. The highest BCUT2D eigenvalue weighted by atomic mass is 127. The normalized spacial score (nSPS) is 15.4. The van der Waals surface area contributed by atoms with E-state index in [1.165, 1.54) is 0 Å². The predicted molar refractivity (Wildman–Crippen MR) is 146 cm³/mol. The van der Waals surface area contributed by atoms with Crippen LogP contribution in [0.15, 0.2) is 48.5 Å². The van der Waals surface area contributed by atoms with Gasteiger partial charge >= 0.3 is 0 Å². The molecule has 4 rings (SSSR count). The number of fused-ring (bicyclic) bond motifs is 1. The number of nitrogens with zero attached hydrogens (tertiary/aromatic N) is 4. The maximum absolute atomic E-state index is 13.1. The fourth-order valence-electron chi connectivity index (χ4n) is 4.34. The van der Waals surface area contributed by atoms with Gasteiger partial charge in [-0.25, -0.2) is 9.97 Å². The number of piperazine rings is 1. The Morgan fingerprint density at radius 1 is 1.03 bits per heavy atom. The molecule has 2 aromatic carbocycles. The first-order valence-corrected chi connectivity index (χ1v) is 13.4. The summed E-state index contributed by atoms with van der Waals surface area (Å²) < 4.78 is 0.808. The third-order valence-corrected chi connectivity index (χ3v) is 7.15. The van der Waals surface area contributed by atoms with Crippen molar-refractivity contribution in [1.82, 2.24) is 19.8 Å². The van der Waals surface area contributed by atoms with Crippen molar-refractivity contribution in [2.45, 2.75) is 30.9 Å². The molecule has 0 radical (unpaired) electrons. The van der Waals surface area contributed by atoms with Gasteiger partial charge in [-0.3, -0.25) is 14.5 Å². The van der Waals surface area contributed by atoms with E-state index in [4.69, 9.17) is 15.7 Å². The monoisotopic (exact) mass is 586 g/mol. The van der Waals surface area contributed by atoms with Crippen LogP contribution in [0.4, 0.5) is 5.82 Å². The van der Waals surface area contributed by atoms with Crippen LogP contribution in [0.3, 0.4) is 0 Å². The van der Waals surface area contributed by atoms with E-state index in [0.29, 0.717) is 31.3 Å². The first-order valence-electron chi connectivity index (χ1n) is 11.8. The third-order valence-electron chi connectivity index (χ3n) is 6.33. The van der Waals surface area contributed by atoms with Gasteiger partial charge in [0.15, 0.2) is 0 Å². The summed E-state index contributed by atoms with van der Waals surface area (Å²) in [6.07, 6.45) is 0. The molecule has 3 N–H and O–H groups in total. The molecule has 1 aliphatic rings. The molecule has 0 spiro atoms. The van der Waals surface area contributed by atoms with E-state index in [2.05, 4.69) is 32.8 Å². The molecule has 1 aromatic heterocycles. The Kier molecular flexibility index (Phi) is 8.17. The van der Waals surface area contributed by atoms with Crippen LogP contribution in [0.5, 0.6) is 0 Å². The standard InChI is InChI=1S/C26H31IN6O2/c1-17(2)23(24(28)34)31-25-20-9-5-6-10-21(20)29-22(30-25)16-32-11-13-33(14-12-32)26(35)19-8-4-3-7-18(19)15-27/h3-10,17,23H,11-16H2,1-2H3,(H2,28,34)(H,29,30,31)/t23-/m0/s1. The number of para-hydroxylation sites is 1. The lowest BCUT2D eigenvalue weighted by molar-refractivity contribution is -0.119. The number of alkyl halides is 1. The highest BCUT2D eigenvalue weighted by Gasteiger charge is 2.25. The number of benzene rings is 2. The van der Waals surface area contributed by atoms with E-state index >= 15 is 0 Å². The van der Waals surface area contributed by atoms with Gasteiger partial charge in [0, 0.05) is 41.6 Å². The van der Waals surface area contributed by atoms with Crippen molar-refractivity contribution in [1.29, 1.82) is 0 Å². The Morgan fingerprint density at radius 2 is 1.71 bits per heavy atom. The molecular formula is C26H31IN6O2. The smallest absolute Gasteiger partial charge is 0.254 e. The summed E-state index contributed by atoms with van der Waals surface area (Å²) in [5.74, 6) is 0.999. The lowest BCUT2D eigenvalue weighted by atomic mass is 10.0. The van der Waals surface area contributed by atoms with Crippen molar-refractivity contribution in [3.63, 3.8) is 0 Å². The first-order chi connectivity index (χ1) is 16.9. The highest BCUT2D eigenvalue weighted by Crippen LogP contribution is 2.23. The number of nitrogens with one attached hydrogen (secondary N) is 1. The lowest BCUT2D eigenvalue weighted by Gasteiger charge is -2.34. The summed E-state index contributed by atoms with van der Waals surface area (Å²) in [6.45, 7) is 7.27. The molecule has 0 bridgehead atoms. The molecule has 1 aliphatic heterocycles. The summed E-state index contributed by atoms with van der Waals surface area (Å²) in [5, 5.41) is 4.11. The predicted octanol–water partition coefficient (Wildman–Crippen LogP) is 3.44. The van der Waals surface area contributed by atoms with Gasteiger partial charge in [-0.1, -0.05) is 66.8 Å². The number of primary amides is 1. The summed E-state index contributed by atoms with van der Waals surface area (Å²) in [6, 6.07) is 15.1. The van der Waals surface area contributed by atoms with E-state index in [1.807, 2.05) is 67.3 Å². The third kappa shape index (κ3) is 5.90. The molecule has 8 nitrogen and oxygen atoms in total. The van der Waals surface area contributed by atoms with Crippen LogP contribution in [-0.4, -0.2) is 63.8 Å². The molecule has 1 fully saturated rings. The molecule has 1 atom stereocenters. The fraction of sp³-hybridized carbons (Fsp3) is 0.385. The van der Waals surface area contributed by atoms with Crippen LogP contribution in [-0.2, 0) is 15.8 Å². The number of carbonyl (C=O) groups excluding carboxylic acids is 2. The Hall–Kier alpha value is -2.79. The largest absolute Gasteiger partial charge is 0.368 e. The zero-order valence-corrected chi connectivity index (χ0v) is 22.2. The molecule has 1 saturated heterocycles. The number of rotatable bonds is 8. The summed E-state index contributed by atoms with van der Waals surface area (Å²) in [5.41, 5.74) is 8.30. The van der Waals surface area contributed by atoms with Gasteiger partial charge in [0.1, 0.15) is 17.7 Å². The van der Waals surface area contributed by atoms with Gasteiger partial charge in [0.25, 0.3) is 5.91 Å². The molecule has 35 heavy (non-hydrogen) atoms. The quantitative estimate of drug-likeness (QED) is 0.310. The second-order valence-electron chi connectivity index (χ2n) is 9.13. The Bertz CT molecular complexity index is 1210. The molecule has 0 unspecified atom stereocenters. The van der Waals surface area contributed by atoms with E-state index in [0.717, 1.165) is 39.5 Å². The molecule has 3 aromatic rings. The number of nitrogens with two attached hydrogens (primary N) is 1. The average Bonchev–Trinajstić information content (AvgIpc) is 2.86. The van der Waals surface area contributed by atoms with Crippen LogP contribution < -0.4 is 11.1 Å². The van der Waals surface area contributed by atoms with Gasteiger partial charge < -0.3 is 16.0 Å². The molecular weight excluding hydrogens is 555 g/mol. The summed E-state index contributed by atoms with van der Waals surface area (Å²) in [7, 11) is 0. The zero-order valence-electron chi connectivity index (χ0n) is 20.1. The molecule has 184 valence electrons. The number of hydrogen-bond acceptors (Lipinski definition) is 6.